The predicted molar refractivity (Wildman–Crippen MR) is 67.2 cm³/mol. The van der Waals surface area contributed by atoms with E-state index in [1.54, 1.807) is 0 Å². The van der Waals surface area contributed by atoms with Crippen LogP contribution < -0.4 is 0 Å². The fraction of sp³-hybridized carbons (Fsp3) is 0.143. The summed E-state index contributed by atoms with van der Waals surface area (Å²) in [5.74, 6) is 0. The Morgan fingerprint density at radius 1 is 0.812 bits per heavy atom. The van der Waals surface area contributed by atoms with Crippen LogP contribution in [0.15, 0.2) is 59.1 Å². The van der Waals surface area contributed by atoms with E-state index in [2.05, 4.69) is 40.2 Å². The van der Waals surface area contributed by atoms with Gasteiger partial charge in [-0.1, -0.05) is 64.5 Å². The van der Waals surface area contributed by atoms with Crippen LogP contribution in [0.3, 0.4) is 0 Å². The molecule has 0 saturated carbocycles. The van der Waals surface area contributed by atoms with E-state index in [0.717, 1.165) is 4.47 Å². The molecule has 16 heavy (non-hydrogen) atoms. The molecule has 2 heteroatoms. The van der Waals surface area contributed by atoms with E-state index < -0.39 is 0 Å². The Labute approximate surface area is 103 Å². The van der Waals surface area contributed by atoms with Gasteiger partial charge < -0.3 is 4.74 Å². The van der Waals surface area contributed by atoms with Crippen molar-refractivity contribution in [1.82, 2.24) is 0 Å². The Balaban J connectivity index is 1.85. The number of ether oxygens (including phenoxy) is 1. The van der Waals surface area contributed by atoms with E-state index in [1.165, 1.54) is 11.1 Å². The quantitative estimate of drug-likeness (QED) is 0.746. The first-order valence-electron chi connectivity index (χ1n) is 5.31. The summed E-state index contributed by atoms with van der Waals surface area (Å²) in [4.78, 5) is 0. The maximum Gasteiger partial charge on any atom is 0.115 e. The van der Waals surface area contributed by atoms with Crippen LogP contribution in [0.5, 0.6) is 0 Å². The van der Waals surface area contributed by atoms with Gasteiger partial charge in [0.15, 0.2) is 0 Å². The summed E-state index contributed by atoms with van der Waals surface area (Å²) >= 11 is 3.56. The van der Waals surface area contributed by atoms with Crippen molar-refractivity contribution in [2.75, 3.05) is 0 Å². The highest BCUT2D eigenvalue weighted by molar-refractivity contribution is 9.10. The minimum atomic E-state index is 0.206. The molecule has 1 saturated heterocycles. The van der Waals surface area contributed by atoms with Crippen LogP contribution in [-0.4, -0.2) is 0 Å². The van der Waals surface area contributed by atoms with E-state index in [1.807, 2.05) is 30.3 Å². The fourth-order valence-electron chi connectivity index (χ4n) is 1.95. The van der Waals surface area contributed by atoms with E-state index in [0.29, 0.717) is 0 Å². The molecule has 0 unspecified atom stereocenters. The summed E-state index contributed by atoms with van der Waals surface area (Å²) in [6.45, 7) is 0. The molecule has 1 aliphatic heterocycles. The Hall–Kier alpha value is -1.12. The van der Waals surface area contributed by atoms with Crippen molar-refractivity contribution in [3.05, 3.63) is 70.2 Å². The van der Waals surface area contributed by atoms with Gasteiger partial charge in [-0.2, -0.15) is 0 Å². The number of hydrogen-bond donors (Lipinski definition) is 0. The molecule has 1 nitrogen and oxygen atoms in total. The van der Waals surface area contributed by atoms with E-state index in [-0.39, 0.29) is 12.2 Å². The molecule has 0 aromatic heterocycles. The smallest absolute Gasteiger partial charge is 0.115 e. The first-order chi connectivity index (χ1) is 7.86. The zero-order chi connectivity index (χ0) is 11.0. The molecule has 2 aromatic carbocycles. The molecule has 0 N–H and O–H groups in total. The molecule has 0 aliphatic carbocycles. The molecule has 1 fully saturated rings. The summed E-state index contributed by atoms with van der Waals surface area (Å²) in [6, 6.07) is 18.6. The molecule has 2 aromatic rings. The minimum Gasteiger partial charge on any atom is -0.359 e. The lowest BCUT2D eigenvalue weighted by molar-refractivity contribution is 0.377. The van der Waals surface area contributed by atoms with Crippen LogP contribution in [-0.2, 0) is 4.74 Å². The van der Waals surface area contributed by atoms with Crippen molar-refractivity contribution in [2.45, 2.75) is 12.2 Å². The Bertz CT molecular complexity index is 495. The van der Waals surface area contributed by atoms with Crippen LogP contribution in [0.2, 0.25) is 0 Å². The van der Waals surface area contributed by atoms with Gasteiger partial charge in [0.2, 0.25) is 0 Å². The van der Waals surface area contributed by atoms with Crippen LogP contribution in [0.4, 0.5) is 0 Å². The summed E-state index contributed by atoms with van der Waals surface area (Å²) < 4.78 is 6.86. The van der Waals surface area contributed by atoms with Crippen molar-refractivity contribution in [2.24, 2.45) is 0 Å². The SMILES string of the molecule is Brc1ccccc1[C@H]1O[C@@H]1c1ccccc1. The number of halogens is 1. The second-order valence-electron chi connectivity index (χ2n) is 3.91. The van der Waals surface area contributed by atoms with Gasteiger partial charge in [-0.05, 0) is 17.2 Å². The van der Waals surface area contributed by atoms with Gasteiger partial charge in [-0.15, -0.1) is 0 Å². The van der Waals surface area contributed by atoms with Crippen molar-refractivity contribution < 1.29 is 4.74 Å². The number of benzene rings is 2. The highest BCUT2D eigenvalue weighted by Gasteiger charge is 2.42. The topological polar surface area (TPSA) is 12.5 Å². The molecule has 1 heterocycles. The van der Waals surface area contributed by atoms with Crippen LogP contribution in [0.1, 0.15) is 23.3 Å². The van der Waals surface area contributed by atoms with Gasteiger partial charge in [-0.25, -0.2) is 0 Å². The molecule has 80 valence electrons. The Morgan fingerprint density at radius 3 is 2.25 bits per heavy atom. The zero-order valence-electron chi connectivity index (χ0n) is 8.64. The first kappa shape index (κ1) is 10.1. The number of epoxide rings is 1. The second kappa shape index (κ2) is 4.04. The molecule has 0 amide bonds. The molecule has 0 radical (unpaired) electrons. The predicted octanol–water partition coefficient (Wildman–Crippen LogP) is 4.26. The van der Waals surface area contributed by atoms with Gasteiger partial charge in [0, 0.05) is 4.47 Å². The van der Waals surface area contributed by atoms with Gasteiger partial charge in [0.1, 0.15) is 12.2 Å². The Morgan fingerprint density at radius 2 is 1.50 bits per heavy atom. The highest BCUT2D eigenvalue weighted by atomic mass is 79.9. The van der Waals surface area contributed by atoms with Crippen molar-refractivity contribution in [3.63, 3.8) is 0 Å². The van der Waals surface area contributed by atoms with E-state index in [9.17, 15) is 0 Å². The second-order valence-corrected chi connectivity index (χ2v) is 4.76. The summed E-state index contributed by atoms with van der Waals surface area (Å²) in [6.07, 6.45) is 0.429. The Kier molecular flexibility index (Phi) is 2.54. The molecule has 0 bridgehead atoms. The third-order valence-electron chi connectivity index (χ3n) is 2.83. The average molecular weight is 275 g/mol. The monoisotopic (exact) mass is 274 g/mol. The van der Waals surface area contributed by atoms with Crippen molar-refractivity contribution in [3.8, 4) is 0 Å². The number of hydrogen-bond acceptors (Lipinski definition) is 1. The lowest BCUT2D eigenvalue weighted by Crippen LogP contribution is -1.85. The third-order valence-corrected chi connectivity index (χ3v) is 3.55. The lowest BCUT2D eigenvalue weighted by atomic mass is 10.0. The largest absolute Gasteiger partial charge is 0.359 e. The molecule has 1 aliphatic rings. The third kappa shape index (κ3) is 1.79. The van der Waals surface area contributed by atoms with Gasteiger partial charge in [0.05, 0.1) is 0 Å². The number of rotatable bonds is 2. The van der Waals surface area contributed by atoms with E-state index >= 15 is 0 Å². The molecule has 0 spiro atoms. The molecule has 3 rings (SSSR count). The summed E-state index contributed by atoms with van der Waals surface area (Å²) in [7, 11) is 0. The molecule has 2 atom stereocenters. The average Bonchev–Trinajstić information content (AvgIpc) is 3.11. The van der Waals surface area contributed by atoms with Crippen molar-refractivity contribution in [1.29, 1.82) is 0 Å². The van der Waals surface area contributed by atoms with Crippen molar-refractivity contribution >= 4 is 15.9 Å². The lowest BCUT2D eigenvalue weighted by Gasteiger charge is -1.99. The maximum absolute atomic E-state index is 5.74. The van der Waals surface area contributed by atoms with E-state index in [4.69, 9.17) is 4.74 Å². The summed E-state index contributed by atoms with van der Waals surface area (Å²) in [5, 5.41) is 0. The normalized spacial score (nSPS) is 23.1. The van der Waals surface area contributed by atoms with Gasteiger partial charge in [-0.3, -0.25) is 0 Å². The van der Waals surface area contributed by atoms with Crippen LogP contribution in [0.25, 0.3) is 0 Å². The summed E-state index contributed by atoms with van der Waals surface area (Å²) in [5.41, 5.74) is 2.49. The van der Waals surface area contributed by atoms with Gasteiger partial charge in [0.25, 0.3) is 0 Å². The fourth-order valence-corrected chi connectivity index (χ4v) is 2.46. The maximum atomic E-state index is 5.74. The standard InChI is InChI=1S/C14H11BrO/c15-12-9-5-4-8-11(12)14-13(16-14)10-6-2-1-3-7-10/h1-9,13-14H/t13-,14-/m1/s1. The molecular formula is C14H11BrO. The minimum absolute atomic E-state index is 0.206. The van der Waals surface area contributed by atoms with Crippen LogP contribution in [0, 0.1) is 0 Å². The highest BCUT2D eigenvalue weighted by Crippen LogP contribution is 2.52. The van der Waals surface area contributed by atoms with Gasteiger partial charge >= 0.3 is 0 Å². The zero-order valence-corrected chi connectivity index (χ0v) is 10.2. The van der Waals surface area contributed by atoms with Crippen LogP contribution >= 0.6 is 15.9 Å². The first-order valence-corrected chi connectivity index (χ1v) is 6.10. The molecular weight excluding hydrogens is 264 g/mol.